The van der Waals surface area contributed by atoms with E-state index in [4.69, 9.17) is 0 Å². The summed E-state index contributed by atoms with van der Waals surface area (Å²) in [4.78, 5) is 0. The van der Waals surface area contributed by atoms with Gasteiger partial charge in [0.1, 0.15) is 0 Å². The van der Waals surface area contributed by atoms with E-state index >= 15 is 0 Å². The van der Waals surface area contributed by atoms with E-state index in [0.29, 0.717) is 0 Å². The van der Waals surface area contributed by atoms with Gasteiger partial charge < -0.3 is 0 Å². The summed E-state index contributed by atoms with van der Waals surface area (Å²) in [5, 5.41) is 0. The van der Waals surface area contributed by atoms with Gasteiger partial charge in [-0.05, 0) is 37.0 Å². The molecule has 0 N–H and O–H groups in total. The van der Waals surface area contributed by atoms with Gasteiger partial charge in [-0.3, -0.25) is 0 Å². The average Bonchev–Trinajstić information content (AvgIpc) is 2.80. The minimum Gasteiger partial charge on any atom is -0.0741 e. The smallest absolute Gasteiger partial charge is 0.0168 e. The van der Waals surface area contributed by atoms with E-state index in [1.165, 1.54) is 83.5 Å². The Labute approximate surface area is 104 Å². The van der Waals surface area contributed by atoms with Crippen LogP contribution in [-0.4, -0.2) is 11.3 Å². The summed E-state index contributed by atoms with van der Waals surface area (Å²) in [7, 11) is 1.84. The minimum atomic E-state index is 1.07. The van der Waals surface area contributed by atoms with Gasteiger partial charge in [-0.1, -0.05) is 66.4 Å². The van der Waals surface area contributed by atoms with Crippen LogP contribution in [-0.2, 0) is 0 Å². The molecule has 1 heteroatoms. The average molecular weight is 239 g/mol. The largest absolute Gasteiger partial charge is 0.0741 e. The highest BCUT2D eigenvalue weighted by Gasteiger charge is 2.20. The van der Waals surface area contributed by atoms with Crippen molar-refractivity contribution >= 4 is 8.58 Å². The highest BCUT2D eigenvalue weighted by Crippen LogP contribution is 2.41. The monoisotopic (exact) mass is 239 g/mol. The molecule has 0 bridgehead atoms. The van der Waals surface area contributed by atoms with Gasteiger partial charge >= 0.3 is 0 Å². The van der Waals surface area contributed by atoms with E-state index in [1.807, 2.05) is 8.58 Å². The summed E-state index contributed by atoms with van der Waals surface area (Å²) in [5.41, 5.74) is 2.16. The van der Waals surface area contributed by atoms with Crippen LogP contribution in [0.1, 0.15) is 83.5 Å². The molecule has 0 heterocycles. The van der Waals surface area contributed by atoms with Crippen LogP contribution in [0.25, 0.3) is 0 Å². The molecule has 0 unspecified atom stereocenters. The van der Waals surface area contributed by atoms with E-state index in [1.54, 1.807) is 0 Å². The molecule has 2 saturated carbocycles. The Bertz CT molecular complexity index is 162. The molecule has 2 fully saturated rings. The molecule has 0 nitrogen and oxygen atoms in total. The first-order chi connectivity index (χ1) is 7.95. The number of hydrogen-bond donors (Lipinski definition) is 0. The second kappa shape index (κ2) is 7.70. The standard InChI is InChI=1S/C15H28P/c1-2-4-6-10-14(11-7-5-3-1)16-15-12-8-9-13-15/h14-15H,1-13H2. The predicted octanol–water partition coefficient (Wildman–Crippen LogP) is 5.77. The van der Waals surface area contributed by atoms with Gasteiger partial charge in [-0.2, -0.15) is 0 Å². The van der Waals surface area contributed by atoms with E-state index < -0.39 is 0 Å². The van der Waals surface area contributed by atoms with Crippen LogP contribution < -0.4 is 0 Å². The van der Waals surface area contributed by atoms with Gasteiger partial charge in [-0.25, -0.2) is 0 Å². The summed E-state index contributed by atoms with van der Waals surface area (Å²) >= 11 is 0. The predicted molar refractivity (Wildman–Crippen MR) is 74.5 cm³/mol. The van der Waals surface area contributed by atoms with Crippen molar-refractivity contribution in [1.29, 1.82) is 0 Å². The third kappa shape index (κ3) is 4.74. The van der Waals surface area contributed by atoms with E-state index in [-0.39, 0.29) is 0 Å². The summed E-state index contributed by atoms with van der Waals surface area (Å²) in [6.07, 6.45) is 19.8. The molecule has 0 saturated heterocycles. The molecule has 0 atom stereocenters. The Morgan fingerprint density at radius 3 is 1.19 bits per heavy atom. The molecular weight excluding hydrogens is 211 g/mol. The van der Waals surface area contributed by atoms with Crippen molar-refractivity contribution in [3.05, 3.63) is 0 Å². The normalized spacial score (nSPS) is 27.8. The zero-order chi connectivity index (χ0) is 11.1. The van der Waals surface area contributed by atoms with Crippen molar-refractivity contribution in [3.63, 3.8) is 0 Å². The molecule has 93 valence electrons. The first kappa shape index (κ1) is 12.9. The molecule has 0 amide bonds. The Kier molecular flexibility index (Phi) is 6.19. The Hall–Kier alpha value is 0.430. The second-order valence-electron chi connectivity index (χ2n) is 5.79. The lowest BCUT2D eigenvalue weighted by Gasteiger charge is -2.21. The molecule has 2 aliphatic carbocycles. The van der Waals surface area contributed by atoms with Crippen LogP contribution in [0.3, 0.4) is 0 Å². The second-order valence-corrected chi connectivity index (χ2v) is 7.55. The topological polar surface area (TPSA) is 0 Å². The molecule has 0 aromatic carbocycles. The lowest BCUT2D eigenvalue weighted by molar-refractivity contribution is 0.508. The highest BCUT2D eigenvalue weighted by atomic mass is 31.1. The first-order valence-corrected chi connectivity index (χ1v) is 8.68. The maximum Gasteiger partial charge on any atom is -0.0168 e. The maximum atomic E-state index is 1.84. The van der Waals surface area contributed by atoms with Crippen LogP contribution in [0.4, 0.5) is 0 Å². The van der Waals surface area contributed by atoms with Crippen molar-refractivity contribution in [2.75, 3.05) is 0 Å². The third-order valence-corrected chi connectivity index (χ3v) is 6.20. The molecule has 1 radical (unpaired) electrons. The molecule has 2 aliphatic rings. The number of hydrogen-bond acceptors (Lipinski definition) is 0. The van der Waals surface area contributed by atoms with Gasteiger partial charge in [0.25, 0.3) is 0 Å². The van der Waals surface area contributed by atoms with Crippen LogP contribution in [0.15, 0.2) is 0 Å². The van der Waals surface area contributed by atoms with Crippen molar-refractivity contribution in [3.8, 4) is 0 Å². The Balaban J connectivity index is 1.70. The number of rotatable bonds is 2. The molecule has 2 rings (SSSR count). The minimum absolute atomic E-state index is 1.07. The fraction of sp³-hybridized carbons (Fsp3) is 1.00. The van der Waals surface area contributed by atoms with Crippen LogP contribution in [0.5, 0.6) is 0 Å². The maximum absolute atomic E-state index is 1.84. The van der Waals surface area contributed by atoms with Crippen molar-refractivity contribution < 1.29 is 0 Å². The van der Waals surface area contributed by atoms with Crippen LogP contribution in [0, 0.1) is 0 Å². The van der Waals surface area contributed by atoms with E-state index in [9.17, 15) is 0 Å². The summed E-state index contributed by atoms with van der Waals surface area (Å²) in [6.45, 7) is 0. The zero-order valence-electron chi connectivity index (χ0n) is 10.8. The van der Waals surface area contributed by atoms with Crippen LogP contribution in [0.2, 0.25) is 0 Å². The van der Waals surface area contributed by atoms with Gasteiger partial charge in [0.2, 0.25) is 0 Å². The SMILES string of the molecule is C1CCCCC([P]C2CCCC2)CCCC1. The van der Waals surface area contributed by atoms with Crippen molar-refractivity contribution in [2.24, 2.45) is 0 Å². The quantitative estimate of drug-likeness (QED) is 0.537. The molecule has 0 aliphatic heterocycles. The lowest BCUT2D eigenvalue weighted by atomic mass is 10.0. The van der Waals surface area contributed by atoms with Crippen LogP contribution >= 0.6 is 8.58 Å². The Morgan fingerprint density at radius 1 is 0.438 bits per heavy atom. The zero-order valence-corrected chi connectivity index (χ0v) is 11.7. The van der Waals surface area contributed by atoms with Gasteiger partial charge in [-0.15, -0.1) is 0 Å². The summed E-state index contributed by atoms with van der Waals surface area (Å²) in [6, 6.07) is 0. The lowest BCUT2D eigenvalue weighted by Crippen LogP contribution is -2.07. The fourth-order valence-corrected chi connectivity index (χ4v) is 5.21. The molecular formula is C15H28P. The molecule has 0 spiro atoms. The third-order valence-electron chi connectivity index (χ3n) is 4.32. The van der Waals surface area contributed by atoms with Crippen molar-refractivity contribution in [2.45, 2.75) is 94.8 Å². The van der Waals surface area contributed by atoms with Gasteiger partial charge in [0.05, 0.1) is 0 Å². The van der Waals surface area contributed by atoms with E-state index in [0.717, 1.165) is 11.3 Å². The van der Waals surface area contributed by atoms with Crippen molar-refractivity contribution in [1.82, 2.24) is 0 Å². The first-order valence-electron chi connectivity index (χ1n) is 7.65. The fourth-order valence-electron chi connectivity index (χ4n) is 3.29. The Morgan fingerprint density at radius 2 is 0.750 bits per heavy atom. The molecule has 0 aromatic heterocycles. The summed E-state index contributed by atoms with van der Waals surface area (Å²) in [5.74, 6) is 0. The van der Waals surface area contributed by atoms with Gasteiger partial charge in [0.15, 0.2) is 0 Å². The molecule has 0 aromatic rings. The summed E-state index contributed by atoms with van der Waals surface area (Å²) < 4.78 is 0. The molecule has 16 heavy (non-hydrogen) atoms. The van der Waals surface area contributed by atoms with E-state index in [2.05, 4.69) is 0 Å². The van der Waals surface area contributed by atoms with Gasteiger partial charge in [0, 0.05) is 0 Å². The highest BCUT2D eigenvalue weighted by molar-refractivity contribution is 7.39.